The molecule has 5 aromatic rings. The first kappa shape index (κ1) is 56.1. The number of para-hydroxylation sites is 1. The molecule has 0 bridgehead atoms. The molecule has 0 radical (unpaired) electrons. The SMILES string of the molecule is COC(=O)[C@H](CC(C)C)NC(=O)[C@@H](Cc1ccc2ccccc2c1)NC(=O)[C@H](Cc1ccc(OC(C)(C)C)cc1)NC(=O)[C@H](COC(C)(C)C)NC(=O)[C@@H](N)Cc1cn(C(=O)OC(C)(C)C)c2ccccc12. The molecule has 0 saturated carbocycles. The number of nitrogens with one attached hydrogen (secondary N) is 4. The quantitative estimate of drug-likeness (QED) is 0.0496. The van der Waals surface area contributed by atoms with Gasteiger partial charge in [0.2, 0.25) is 23.6 Å². The van der Waals surface area contributed by atoms with Gasteiger partial charge in [0, 0.05) is 24.4 Å². The first-order valence-electron chi connectivity index (χ1n) is 24.5. The van der Waals surface area contributed by atoms with E-state index in [0.717, 1.165) is 16.3 Å². The minimum atomic E-state index is -1.35. The Morgan fingerprint density at radius 2 is 1.14 bits per heavy atom. The Labute approximate surface area is 423 Å². The number of fused-ring (bicyclic) bond motifs is 2. The highest BCUT2D eigenvalue weighted by Crippen LogP contribution is 2.25. The third-order valence-electron chi connectivity index (χ3n) is 11.3. The van der Waals surface area contributed by atoms with E-state index in [2.05, 4.69) is 21.3 Å². The van der Waals surface area contributed by atoms with Gasteiger partial charge < -0.3 is 45.9 Å². The van der Waals surface area contributed by atoms with Gasteiger partial charge in [-0.25, -0.2) is 9.59 Å². The van der Waals surface area contributed by atoms with E-state index in [9.17, 15) is 28.8 Å². The first-order valence-corrected chi connectivity index (χ1v) is 24.5. The van der Waals surface area contributed by atoms with E-state index < -0.39 is 82.7 Å². The molecule has 0 spiro atoms. The standard InChI is InChI=1S/C56H74N6O10/c1-34(2)27-45(52(67)69-12)60-50(65)44(30-36-21-24-37-17-13-14-18-38(37)28-36)58-49(64)43(29-35-22-25-40(26-23-35)71-55(6,7)8)59-51(66)46(33-70-54(3,4)5)61-48(63)42(57)31-39-32-62(53(68)72-56(9,10)11)47-20-16-15-19-41(39)47/h13-26,28,32,34,42-46H,27,29-31,33,57H2,1-12H3,(H,58,64)(H,59,66)(H,60,65)(H,61,63)/t42-,43-,44+,45-,46-/m0/s1. The number of nitrogens with two attached hydrogens (primary N) is 1. The Bertz CT molecular complexity index is 2690. The Morgan fingerprint density at radius 1 is 0.597 bits per heavy atom. The van der Waals surface area contributed by atoms with Gasteiger partial charge in [0.15, 0.2) is 0 Å². The summed E-state index contributed by atoms with van der Waals surface area (Å²) in [5.74, 6) is -2.81. The van der Waals surface area contributed by atoms with Crippen molar-refractivity contribution >= 4 is 57.4 Å². The van der Waals surface area contributed by atoms with Gasteiger partial charge in [-0.05, 0) is 127 Å². The van der Waals surface area contributed by atoms with Crippen molar-refractivity contribution in [1.82, 2.24) is 25.8 Å². The van der Waals surface area contributed by atoms with Crippen LogP contribution in [0.5, 0.6) is 5.75 Å². The summed E-state index contributed by atoms with van der Waals surface area (Å²) in [4.78, 5) is 84.0. The fraction of sp³-hybridized carbons (Fsp3) is 0.464. The summed E-state index contributed by atoms with van der Waals surface area (Å²) >= 11 is 0. The number of hydrogen-bond donors (Lipinski definition) is 5. The lowest BCUT2D eigenvalue weighted by atomic mass is 9.99. The zero-order valence-electron chi connectivity index (χ0n) is 43.8. The molecular weight excluding hydrogens is 917 g/mol. The molecule has 5 rings (SSSR count). The van der Waals surface area contributed by atoms with Crippen molar-refractivity contribution in [3.8, 4) is 5.75 Å². The molecule has 72 heavy (non-hydrogen) atoms. The van der Waals surface area contributed by atoms with Crippen LogP contribution in [0.3, 0.4) is 0 Å². The van der Waals surface area contributed by atoms with Crippen LogP contribution in [0, 0.1) is 5.92 Å². The summed E-state index contributed by atoms with van der Waals surface area (Å²) in [7, 11) is 1.24. The first-order chi connectivity index (χ1) is 33.7. The second kappa shape index (κ2) is 24.1. The van der Waals surface area contributed by atoms with Crippen molar-refractivity contribution in [2.24, 2.45) is 11.7 Å². The highest BCUT2D eigenvalue weighted by atomic mass is 16.6. The van der Waals surface area contributed by atoms with Crippen LogP contribution in [-0.4, -0.2) is 101 Å². The van der Waals surface area contributed by atoms with Crippen LogP contribution >= 0.6 is 0 Å². The maximum atomic E-state index is 14.8. The van der Waals surface area contributed by atoms with Crippen LogP contribution in [0.15, 0.2) is 97.2 Å². The van der Waals surface area contributed by atoms with E-state index in [1.165, 1.54) is 11.7 Å². The van der Waals surface area contributed by atoms with Crippen molar-refractivity contribution < 1.29 is 47.7 Å². The molecule has 0 aliphatic rings. The maximum absolute atomic E-state index is 14.8. The maximum Gasteiger partial charge on any atom is 0.419 e. The summed E-state index contributed by atoms with van der Waals surface area (Å²) in [5, 5.41) is 13.9. The van der Waals surface area contributed by atoms with Gasteiger partial charge >= 0.3 is 12.1 Å². The lowest BCUT2D eigenvalue weighted by Gasteiger charge is -2.28. The topological polar surface area (TPSA) is 218 Å². The van der Waals surface area contributed by atoms with E-state index >= 15 is 0 Å². The summed E-state index contributed by atoms with van der Waals surface area (Å²) < 4.78 is 24.1. The zero-order chi connectivity index (χ0) is 53.1. The number of hydrogen-bond acceptors (Lipinski definition) is 11. The van der Waals surface area contributed by atoms with E-state index in [1.54, 1.807) is 84.1 Å². The second-order valence-electron chi connectivity index (χ2n) is 21.6. The normalized spacial score (nSPS) is 14.1. The minimum Gasteiger partial charge on any atom is -0.488 e. The van der Waals surface area contributed by atoms with Crippen molar-refractivity contribution in [2.75, 3.05) is 13.7 Å². The fourth-order valence-corrected chi connectivity index (χ4v) is 7.95. The van der Waals surface area contributed by atoms with Gasteiger partial charge in [-0.2, -0.15) is 0 Å². The van der Waals surface area contributed by atoms with Crippen molar-refractivity contribution in [3.63, 3.8) is 0 Å². The number of rotatable bonds is 20. The van der Waals surface area contributed by atoms with Crippen LogP contribution < -0.4 is 31.7 Å². The molecule has 388 valence electrons. The van der Waals surface area contributed by atoms with Gasteiger partial charge in [0.1, 0.15) is 41.1 Å². The number of aromatic nitrogens is 1. The number of esters is 1. The molecule has 0 unspecified atom stereocenters. The van der Waals surface area contributed by atoms with Crippen molar-refractivity contribution in [3.05, 3.63) is 114 Å². The average Bonchev–Trinajstić information content (AvgIpc) is 3.66. The third-order valence-corrected chi connectivity index (χ3v) is 11.3. The number of carbonyl (C=O) groups is 6. The van der Waals surface area contributed by atoms with Crippen molar-refractivity contribution in [2.45, 2.75) is 149 Å². The number of methoxy groups -OCH3 is 1. The molecule has 0 saturated heterocycles. The number of benzene rings is 4. The van der Waals surface area contributed by atoms with Gasteiger partial charge in [-0.15, -0.1) is 0 Å². The Hall–Kier alpha value is -6.78. The van der Waals surface area contributed by atoms with Crippen LogP contribution in [0.1, 0.15) is 99.3 Å². The Morgan fingerprint density at radius 3 is 1.72 bits per heavy atom. The molecule has 5 atom stereocenters. The third kappa shape index (κ3) is 16.9. The van der Waals surface area contributed by atoms with Gasteiger partial charge in [-0.3, -0.25) is 23.7 Å². The summed E-state index contributed by atoms with van der Waals surface area (Å²) in [6.45, 7) is 20.0. The monoisotopic (exact) mass is 991 g/mol. The molecule has 16 heteroatoms. The summed E-state index contributed by atoms with van der Waals surface area (Å²) in [6.07, 6.45) is 1.26. The molecular formula is C56H74N6O10. The summed E-state index contributed by atoms with van der Waals surface area (Å²) in [6, 6.07) is 21.7. The molecule has 1 heterocycles. The smallest absolute Gasteiger partial charge is 0.419 e. The van der Waals surface area contributed by atoms with Gasteiger partial charge in [0.25, 0.3) is 0 Å². The van der Waals surface area contributed by atoms with Crippen LogP contribution in [0.25, 0.3) is 21.7 Å². The molecule has 4 aromatic carbocycles. The lowest BCUT2D eigenvalue weighted by molar-refractivity contribution is -0.146. The molecule has 0 aliphatic carbocycles. The number of amides is 4. The minimum absolute atomic E-state index is 0.00870. The molecule has 1 aromatic heterocycles. The number of nitrogens with zero attached hydrogens (tertiary/aromatic N) is 1. The van der Waals surface area contributed by atoms with Crippen LogP contribution in [-0.2, 0) is 57.4 Å². The van der Waals surface area contributed by atoms with E-state index in [0.29, 0.717) is 27.8 Å². The van der Waals surface area contributed by atoms with Crippen LogP contribution in [0.2, 0.25) is 0 Å². The highest BCUT2D eigenvalue weighted by Gasteiger charge is 2.34. The second-order valence-corrected chi connectivity index (χ2v) is 21.6. The lowest BCUT2D eigenvalue weighted by Crippen LogP contribution is -2.60. The molecule has 6 N–H and O–H groups in total. The highest BCUT2D eigenvalue weighted by molar-refractivity contribution is 5.97. The van der Waals surface area contributed by atoms with Crippen molar-refractivity contribution in [1.29, 1.82) is 0 Å². The van der Waals surface area contributed by atoms with Gasteiger partial charge in [-0.1, -0.05) is 86.6 Å². The largest absolute Gasteiger partial charge is 0.488 e. The van der Waals surface area contributed by atoms with Crippen LogP contribution in [0.4, 0.5) is 4.79 Å². The number of carbonyl (C=O) groups excluding carboxylic acids is 6. The van der Waals surface area contributed by atoms with E-state index in [-0.39, 0.29) is 38.2 Å². The van der Waals surface area contributed by atoms with E-state index in [4.69, 9.17) is 24.7 Å². The molecule has 16 nitrogen and oxygen atoms in total. The zero-order valence-corrected chi connectivity index (χ0v) is 43.8. The number of ether oxygens (including phenoxy) is 4. The van der Waals surface area contributed by atoms with Gasteiger partial charge in [0.05, 0.1) is 30.9 Å². The Kier molecular flexibility index (Phi) is 18.8. The summed E-state index contributed by atoms with van der Waals surface area (Å²) in [5.41, 5.74) is 7.15. The predicted octanol–water partition coefficient (Wildman–Crippen LogP) is 7.08. The average molecular weight is 991 g/mol. The molecule has 0 aliphatic heterocycles. The molecule has 4 amide bonds. The molecule has 0 fully saturated rings. The van der Waals surface area contributed by atoms with E-state index in [1.807, 2.05) is 89.2 Å². The fourth-order valence-electron chi connectivity index (χ4n) is 7.95. The predicted molar refractivity (Wildman–Crippen MR) is 278 cm³/mol. The Balaban J connectivity index is 1.46.